The third-order valence-corrected chi connectivity index (χ3v) is 9.94. The maximum atomic E-state index is 13.0. The molecule has 0 unspecified atom stereocenters. The zero-order valence-corrected chi connectivity index (χ0v) is 30.8. The van der Waals surface area contributed by atoms with Gasteiger partial charge >= 0.3 is 18.2 Å². The normalized spacial score (nSPS) is 18.5. The minimum absolute atomic E-state index is 0.0352. The lowest BCUT2D eigenvalue weighted by Crippen LogP contribution is -2.44. The van der Waals surface area contributed by atoms with Crippen molar-refractivity contribution in [3.05, 3.63) is 64.7 Å². The topological polar surface area (TPSA) is 185 Å². The van der Waals surface area contributed by atoms with Gasteiger partial charge in [-0.2, -0.15) is 28.1 Å². The number of ketones is 1. The van der Waals surface area contributed by atoms with E-state index < -0.39 is 53.9 Å². The van der Waals surface area contributed by atoms with Crippen molar-refractivity contribution in [1.82, 2.24) is 25.6 Å². The van der Waals surface area contributed by atoms with Crippen molar-refractivity contribution in [1.29, 1.82) is 0 Å². The van der Waals surface area contributed by atoms with Crippen LogP contribution in [0.5, 0.6) is 6.01 Å². The third kappa shape index (κ3) is 11.3. The molecule has 2 amide bonds. The van der Waals surface area contributed by atoms with E-state index in [0.717, 1.165) is 31.2 Å². The van der Waals surface area contributed by atoms with Crippen molar-refractivity contribution < 1.29 is 42.2 Å². The lowest BCUT2D eigenvalue weighted by Gasteiger charge is -2.37. The highest BCUT2D eigenvalue weighted by Gasteiger charge is 2.45. The molecule has 2 saturated carbocycles. The number of carboxylic acid groups (broad SMARTS) is 1. The molecular formula is C37H43ClF3N7O6. The van der Waals surface area contributed by atoms with Crippen LogP contribution >= 0.6 is 11.6 Å². The number of amides is 2. The minimum atomic E-state index is -4.64. The van der Waals surface area contributed by atoms with Crippen molar-refractivity contribution >= 4 is 52.8 Å². The number of aromatic nitrogens is 3. The summed E-state index contributed by atoms with van der Waals surface area (Å²) in [5, 5.41) is 21.5. The van der Waals surface area contributed by atoms with E-state index in [1.54, 1.807) is 12.1 Å². The number of alkyl halides is 3. The summed E-state index contributed by atoms with van der Waals surface area (Å²) in [6, 6.07) is 10.7. The van der Waals surface area contributed by atoms with Crippen molar-refractivity contribution in [2.75, 3.05) is 17.2 Å². The largest absolute Gasteiger partial charge is 0.480 e. The third-order valence-electron chi connectivity index (χ3n) is 9.68. The Morgan fingerprint density at radius 3 is 2.13 bits per heavy atom. The molecule has 0 spiro atoms. The van der Waals surface area contributed by atoms with E-state index in [2.05, 4.69) is 57.0 Å². The smallest absolute Gasteiger partial charge is 0.422 e. The summed E-state index contributed by atoms with van der Waals surface area (Å²) < 4.78 is 43.6. The first-order valence-electron chi connectivity index (χ1n) is 17.6. The molecule has 13 nitrogen and oxygen atoms in total. The van der Waals surface area contributed by atoms with Crippen LogP contribution in [-0.4, -0.2) is 68.5 Å². The summed E-state index contributed by atoms with van der Waals surface area (Å²) in [4.78, 5) is 62.3. The summed E-state index contributed by atoms with van der Waals surface area (Å²) in [6.07, 6.45) is -0.483. The Hall–Kier alpha value is -4.99. The number of nitrogens with zero attached hydrogens (tertiary/aromatic N) is 3. The molecule has 5 N–H and O–H groups in total. The fraction of sp³-hybridized carbons (Fsp3) is 0.486. The van der Waals surface area contributed by atoms with Crippen molar-refractivity contribution in [2.24, 2.45) is 11.3 Å². The summed E-state index contributed by atoms with van der Waals surface area (Å²) >= 11 is 6.02. The molecule has 3 aromatic rings. The SMILES string of the molecule is CC(C)(C)C1CCC(NC(=O)C(=O)CC[C@H](NC(=O)c2ccc(Nc3nc(NC4(c5ccc(Cl)cc5)CC4)nc(OCC(F)(F)F)n3)cc2)C(=O)O)CC1. The van der Waals surface area contributed by atoms with Gasteiger partial charge in [-0.15, -0.1) is 0 Å². The number of ether oxygens (including phenoxy) is 1. The van der Waals surface area contributed by atoms with Crippen molar-refractivity contribution in [3.63, 3.8) is 0 Å². The molecule has 2 aromatic carbocycles. The van der Waals surface area contributed by atoms with E-state index in [4.69, 9.17) is 16.3 Å². The lowest BCUT2D eigenvalue weighted by atomic mass is 9.71. The highest BCUT2D eigenvalue weighted by molar-refractivity contribution is 6.36. The first-order valence-corrected chi connectivity index (χ1v) is 18.0. The van der Waals surface area contributed by atoms with Gasteiger partial charge in [-0.25, -0.2) is 4.79 Å². The molecule has 2 aliphatic carbocycles. The summed E-state index contributed by atoms with van der Waals surface area (Å²) in [6.45, 7) is 4.93. The van der Waals surface area contributed by atoms with Crippen LogP contribution in [0.2, 0.25) is 5.02 Å². The fourth-order valence-corrected chi connectivity index (χ4v) is 6.49. The number of aliphatic carboxylic acids is 1. The molecule has 0 radical (unpaired) electrons. The summed E-state index contributed by atoms with van der Waals surface area (Å²) in [5.41, 5.74) is 0.912. The van der Waals surface area contributed by atoms with E-state index >= 15 is 0 Å². The molecule has 0 aliphatic heterocycles. The Kier molecular flexibility index (Phi) is 12.3. The van der Waals surface area contributed by atoms with Gasteiger partial charge in [0.2, 0.25) is 17.7 Å². The first kappa shape index (κ1) is 40.2. The molecule has 17 heteroatoms. The van der Waals surface area contributed by atoms with Crippen LogP contribution in [0.4, 0.5) is 30.8 Å². The maximum absolute atomic E-state index is 13.0. The second-order valence-electron chi connectivity index (χ2n) is 14.8. The lowest BCUT2D eigenvalue weighted by molar-refractivity contribution is -0.154. The van der Waals surface area contributed by atoms with Crippen LogP contribution in [0.1, 0.15) is 88.1 Å². The number of anilines is 3. The number of benzene rings is 2. The molecule has 1 atom stereocenters. The average Bonchev–Trinajstić information content (AvgIpc) is 3.89. The standard InChI is InChI=1S/C37H43ClF3N7O6/c1-35(2,3)22-8-14-25(15-9-22)42-30(51)28(49)17-16-27(31(52)53)44-29(50)21-4-12-26(13-5-21)43-32-45-33(47-34(46-32)54-20-37(39,40)41)48-36(18-19-36)23-6-10-24(38)11-7-23/h4-7,10-13,22,25,27H,8-9,14-20H2,1-3H3,(H,42,51)(H,44,50)(H,52,53)(H2,43,45,46,47,48)/t22?,25?,27-/m0/s1. The highest BCUT2D eigenvalue weighted by Crippen LogP contribution is 2.48. The van der Waals surface area contributed by atoms with Crippen LogP contribution in [0.15, 0.2) is 48.5 Å². The van der Waals surface area contributed by atoms with Gasteiger partial charge in [0, 0.05) is 28.7 Å². The quantitative estimate of drug-likeness (QED) is 0.105. The van der Waals surface area contributed by atoms with Crippen LogP contribution in [0.25, 0.3) is 0 Å². The van der Waals surface area contributed by atoms with E-state index in [1.165, 1.54) is 24.3 Å². The van der Waals surface area contributed by atoms with E-state index in [1.807, 2.05) is 12.1 Å². The summed E-state index contributed by atoms with van der Waals surface area (Å²) in [5.74, 6) is -3.29. The Labute approximate surface area is 315 Å². The number of hydrogen-bond donors (Lipinski definition) is 5. The Bertz CT molecular complexity index is 1830. The first-order chi connectivity index (χ1) is 25.4. The van der Waals surface area contributed by atoms with Crippen LogP contribution in [0, 0.1) is 11.3 Å². The molecule has 0 bridgehead atoms. The van der Waals surface area contributed by atoms with Crippen LogP contribution in [0.3, 0.4) is 0 Å². The van der Waals surface area contributed by atoms with E-state index in [0.29, 0.717) is 29.5 Å². The van der Waals surface area contributed by atoms with Crippen molar-refractivity contribution in [3.8, 4) is 6.01 Å². The molecule has 2 aliphatic rings. The second-order valence-corrected chi connectivity index (χ2v) is 15.2. The molecular weight excluding hydrogens is 731 g/mol. The molecule has 290 valence electrons. The molecule has 1 heterocycles. The Morgan fingerprint density at radius 2 is 1.56 bits per heavy atom. The fourth-order valence-electron chi connectivity index (χ4n) is 6.36. The number of halogens is 4. The summed E-state index contributed by atoms with van der Waals surface area (Å²) in [7, 11) is 0. The van der Waals surface area contributed by atoms with Gasteiger partial charge in [0.05, 0.1) is 5.54 Å². The maximum Gasteiger partial charge on any atom is 0.422 e. The number of hydrogen-bond acceptors (Lipinski definition) is 10. The van der Waals surface area contributed by atoms with Crippen molar-refractivity contribution in [2.45, 2.75) is 95.9 Å². The van der Waals surface area contributed by atoms with Crippen LogP contribution < -0.4 is 26.0 Å². The Morgan fingerprint density at radius 1 is 0.926 bits per heavy atom. The zero-order valence-electron chi connectivity index (χ0n) is 30.1. The molecule has 1 aromatic heterocycles. The number of carboxylic acids is 1. The van der Waals surface area contributed by atoms with Gasteiger partial charge in [0.15, 0.2) is 6.61 Å². The molecule has 5 rings (SSSR count). The Balaban J connectivity index is 1.18. The number of nitrogens with one attached hydrogen (secondary N) is 4. The monoisotopic (exact) mass is 773 g/mol. The number of carbonyl (C=O) groups excluding carboxylic acids is 3. The van der Waals surface area contributed by atoms with Gasteiger partial charge in [-0.05, 0) is 98.2 Å². The van der Waals surface area contributed by atoms with E-state index in [9.17, 15) is 37.5 Å². The van der Waals surface area contributed by atoms with Gasteiger partial charge < -0.3 is 31.1 Å². The predicted molar refractivity (Wildman–Crippen MR) is 194 cm³/mol. The highest BCUT2D eigenvalue weighted by atomic mass is 35.5. The van der Waals surface area contributed by atoms with E-state index in [-0.39, 0.29) is 41.8 Å². The minimum Gasteiger partial charge on any atom is -0.480 e. The second kappa shape index (κ2) is 16.6. The average molecular weight is 774 g/mol. The van der Waals surface area contributed by atoms with Crippen LogP contribution in [-0.2, 0) is 19.9 Å². The number of rotatable bonds is 15. The van der Waals surface area contributed by atoms with Gasteiger partial charge in [-0.3, -0.25) is 14.4 Å². The van der Waals surface area contributed by atoms with Gasteiger partial charge in [0.1, 0.15) is 6.04 Å². The predicted octanol–water partition coefficient (Wildman–Crippen LogP) is 6.56. The molecule has 54 heavy (non-hydrogen) atoms. The van der Waals surface area contributed by atoms with Gasteiger partial charge in [0.25, 0.3) is 11.8 Å². The zero-order chi connectivity index (χ0) is 39.3. The molecule has 2 fully saturated rings. The number of carbonyl (C=O) groups is 4. The molecule has 0 saturated heterocycles. The number of Topliss-reactive ketones (excluding diaryl/α,β-unsaturated/α-hetero) is 1. The van der Waals surface area contributed by atoms with Gasteiger partial charge in [-0.1, -0.05) is 44.5 Å².